The molecule has 0 aliphatic carbocycles. The van der Waals surface area contributed by atoms with Gasteiger partial charge in [-0.2, -0.15) is 0 Å². The molecule has 0 aliphatic heterocycles. The largest absolute Gasteiger partial charge is 0.488 e. The molecular weight excluding hydrogens is 242 g/mol. The third-order valence-electron chi connectivity index (χ3n) is 2.29. The molecule has 0 saturated carbocycles. The smallest absolute Gasteiger partial charge is 0.272 e. The Labute approximate surface area is 102 Å². The van der Waals surface area contributed by atoms with E-state index in [9.17, 15) is 9.59 Å². The summed E-state index contributed by atoms with van der Waals surface area (Å²) in [4.78, 5) is 22.6. The molecule has 4 nitrogen and oxygen atoms in total. The number of anilines is 2. The lowest BCUT2D eigenvalue weighted by atomic mass is 10.2. The van der Waals surface area contributed by atoms with Crippen LogP contribution in [0.5, 0.6) is 5.75 Å². The van der Waals surface area contributed by atoms with Crippen LogP contribution in [0, 0.1) is 0 Å². The molecule has 1 N–H and O–H groups in total. The summed E-state index contributed by atoms with van der Waals surface area (Å²) in [5, 5.41) is 3.29. The molecule has 0 unspecified atom stereocenters. The highest BCUT2D eigenvalue weighted by Crippen LogP contribution is 2.27. The second-order valence-electron chi connectivity index (χ2n) is 3.40. The van der Waals surface area contributed by atoms with Gasteiger partial charge in [-0.1, -0.05) is 23.7 Å². The van der Waals surface area contributed by atoms with Crippen LogP contribution >= 0.6 is 11.6 Å². The number of hydrogen-bond donors (Lipinski definition) is 1. The minimum Gasteiger partial charge on any atom is -0.488 e. The molecule has 5 heteroatoms. The van der Waals surface area contributed by atoms with E-state index >= 15 is 0 Å². The van der Waals surface area contributed by atoms with Crippen molar-refractivity contribution in [1.82, 2.24) is 0 Å². The molecule has 0 atom stereocenters. The topological polar surface area (TPSA) is 55.4 Å². The highest BCUT2D eigenvalue weighted by molar-refractivity contribution is 6.33. The summed E-state index contributed by atoms with van der Waals surface area (Å²) in [6.45, 7) is 2.08. The van der Waals surface area contributed by atoms with Crippen molar-refractivity contribution in [3.63, 3.8) is 0 Å². The van der Waals surface area contributed by atoms with Crippen molar-refractivity contribution in [3.05, 3.63) is 49.7 Å². The van der Waals surface area contributed by atoms with Crippen LogP contribution in [0.25, 0.3) is 0 Å². The molecule has 0 heterocycles. The van der Waals surface area contributed by atoms with Crippen LogP contribution in [0.15, 0.2) is 33.9 Å². The van der Waals surface area contributed by atoms with Gasteiger partial charge in [-0.25, -0.2) is 0 Å². The van der Waals surface area contributed by atoms with Gasteiger partial charge in [0.25, 0.3) is 10.9 Å². The van der Waals surface area contributed by atoms with E-state index in [4.69, 9.17) is 16.3 Å². The number of halogens is 1. The first-order valence-electron chi connectivity index (χ1n) is 5.12. The molecule has 2 rings (SSSR count). The van der Waals surface area contributed by atoms with Gasteiger partial charge in [0.1, 0.15) is 5.69 Å². The van der Waals surface area contributed by atoms with E-state index in [-0.39, 0.29) is 11.4 Å². The fourth-order valence-corrected chi connectivity index (χ4v) is 1.65. The Morgan fingerprint density at radius 2 is 1.94 bits per heavy atom. The fourth-order valence-electron chi connectivity index (χ4n) is 1.46. The summed E-state index contributed by atoms with van der Waals surface area (Å²) in [5.41, 5.74) is -0.429. The van der Waals surface area contributed by atoms with E-state index in [2.05, 4.69) is 5.32 Å². The number of hydrogen-bond acceptors (Lipinski definition) is 4. The first kappa shape index (κ1) is 11.7. The van der Waals surface area contributed by atoms with E-state index in [0.29, 0.717) is 17.3 Å². The van der Waals surface area contributed by atoms with Crippen molar-refractivity contribution < 1.29 is 4.74 Å². The Kier molecular flexibility index (Phi) is 3.15. The quantitative estimate of drug-likeness (QED) is 0.846. The maximum atomic E-state index is 11.4. The number of rotatable bonds is 4. The maximum Gasteiger partial charge on any atom is 0.272 e. The van der Waals surface area contributed by atoms with Crippen LogP contribution in [0.1, 0.15) is 6.92 Å². The van der Waals surface area contributed by atoms with Crippen LogP contribution in [0.4, 0.5) is 11.4 Å². The molecule has 0 aromatic heterocycles. The molecule has 88 valence electrons. The average Bonchev–Trinajstić information content (AvgIpc) is 2.35. The number of para-hydroxylation sites is 1. The number of benzene rings is 1. The fraction of sp³-hybridized carbons (Fsp3) is 0.167. The van der Waals surface area contributed by atoms with E-state index in [1.165, 1.54) is 0 Å². The van der Waals surface area contributed by atoms with Gasteiger partial charge in [0, 0.05) is 0 Å². The van der Waals surface area contributed by atoms with Crippen molar-refractivity contribution >= 4 is 23.0 Å². The van der Waals surface area contributed by atoms with Gasteiger partial charge in [-0.3, -0.25) is 9.59 Å². The van der Waals surface area contributed by atoms with E-state index in [1.807, 2.05) is 0 Å². The van der Waals surface area contributed by atoms with Crippen LogP contribution in [-0.4, -0.2) is 6.61 Å². The lowest BCUT2D eigenvalue weighted by Crippen LogP contribution is -2.35. The Hall–Kier alpha value is -1.81. The molecule has 0 amide bonds. The lowest BCUT2D eigenvalue weighted by Gasteiger charge is -2.13. The van der Waals surface area contributed by atoms with Gasteiger partial charge in [-0.05, 0) is 19.1 Å². The summed E-state index contributed by atoms with van der Waals surface area (Å²) < 4.78 is 5.09. The second-order valence-corrected chi connectivity index (χ2v) is 3.81. The highest BCUT2D eigenvalue weighted by atomic mass is 35.5. The van der Waals surface area contributed by atoms with E-state index in [0.717, 1.165) is 0 Å². The zero-order valence-electron chi connectivity index (χ0n) is 9.12. The first-order chi connectivity index (χ1) is 8.15. The molecule has 0 bridgehead atoms. The lowest BCUT2D eigenvalue weighted by molar-refractivity contribution is 0.335. The number of nitrogens with one attached hydrogen (secondary N) is 1. The molecule has 0 spiro atoms. The van der Waals surface area contributed by atoms with Gasteiger partial charge in [0.15, 0.2) is 5.75 Å². The Balaban J connectivity index is 2.32. The van der Waals surface area contributed by atoms with Gasteiger partial charge in [0.2, 0.25) is 0 Å². The Morgan fingerprint density at radius 1 is 1.24 bits per heavy atom. The van der Waals surface area contributed by atoms with Gasteiger partial charge in [-0.15, -0.1) is 0 Å². The molecule has 2 aromatic rings. The third-order valence-corrected chi connectivity index (χ3v) is 2.62. The first-order valence-corrected chi connectivity index (χ1v) is 5.50. The highest BCUT2D eigenvalue weighted by Gasteiger charge is 2.22. The molecule has 2 aromatic carbocycles. The zero-order chi connectivity index (χ0) is 12.4. The van der Waals surface area contributed by atoms with Gasteiger partial charge in [0.05, 0.1) is 17.3 Å². The monoisotopic (exact) mass is 251 g/mol. The summed E-state index contributed by atoms with van der Waals surface area (Å²) in [6.07, 6.45) is 0. The summed E-state index contributed by atoms with van der Waals surface area (Å²) in [5.74, 6) is 0.0809. The Bertz CT molecular complexity index is 614. The van der Waals surface area contributed by atoms with Crippen LogP contribution < -0.4 is 20.9 Å². The molecule has 0 aliphatic rings. The third kappa shape index (κ3) is 2.03. The predicted molar refractivity (Wildman–Crippen MR) is 67.3 cm³/mol. The van der Waals surface area contributed by atoms with E-state index < -0.39 is 10.9 Å². The number of ether oxygens (including phenoxy) is 1. The van der Waals surface area contributed by atoms with Crippen molar-refractivity contribution in [2.24, 2.45) is 0 Å². The van der Waals surface area contributed by atoms with Crippen LogP contribution in [-0.2, 0) is 0 Å². The maximum absolute atomic E-state index is 11.4. The average molecular weight is 252 g/mol. The van der Waals surface area contributed by atoms with Crippen LogP contribution in [0.2, 0.25) is 5.02 Å². The van der Waals surface area contributed by atoms with Crippen molar-refractivity contribution in [3.8, 4) is 5.75 Å². The molecular formula is C12H10ClNO3. The standard InChI is InChI=1S/C12H10ClNO3/c1-2-17-12-9(10(15)11(12)16)14-8-6-4-3-5-7(8)13/h3-6,14H,2H2,1H3. The molecule has 0 radical (unpaired) electrons. The van der Waals surface area contributed by atoms with Crippen molar-refractivity contribution in [2.45, 2.75) is 6.92 Å². The van der Waals surface area contributed by atoms with E-state index in [1.54, 1.807) is 31.2 Å². The summed E-state index contributed by atoms with van der Waals surface area (Å²) in [7, 11) is 0. The Morgan fingerprint density at radius 3 is 2.59 bits per heavy atom. The zero-order valence-corrected chi connectivity index (χ0v) is 9.88. The summed E-state index contributed by atoms with van der Waals surface area (Å²) in [6, 6.07) is 6.96. The minimum atomic E-state index is -0.596. The predicted octanol–water partition coefficient (Wildman–Crippen LogP) is 2.08. The van der Waals surface area contributed by atoms with Crippen molar-refractivity contribution in [1.29, 1.82) is 0 Å². The molecule has 17 heavy (non-hydrogen) atoms. The minimum absolute atomic E-state index is 0.0809. The van der Waals surface area contributed by atoms with Crippen LogP contribution in [0.3, 0.4) is 0 Å². The molecule has 0 fully saturated rings. The van der Waals surface area contributed by atoms with Gasteiger partial charge >= 0.3 is 0 Å². The van der Waals surface area contributed by atoms with Gasteiger partial charge < -0.3 is 10.1 Å². The summed E-state index contributed by atoms with van der Waals surface area (Å²) >= 11 is 5.94. The normalized spacial score (nSPS) is 10.5. The SMILES string of the molecule is CCOc1c(Nc2ccccc2Cl)c(=O)c1=O. The second kappa shape index (κ2) is 4.59. The van der Waals surface area contributed by atoms with Crippen molar-refractivity contribution in [2.75, 3.05) is 11.9 Å². The molecule has 0 saturated heterocycles.